The maximum absolute atomic E-state index is 12.4. The highest BCUT2D eigenvalue weighted by molar-refractivity contribution is 5.93. The molecule has 1 aliphatic heterocycles. The monoisotopic (exact) mass is 392 g/mol. The Balaban J connectivity index is 1.96. The number of amides is 2. The molecule has 1 aromatic rings. The Bertz CT molecular complexity index is 706. The highest BCUT2D eigenvalue weighted by atomic mass is 16.5. The summed E-state index contributed by atoms with van der Waals surface area (Å²) in [5.41, 5.74) is 5.61. The van der Waals surface area contributed by atoms with Crippen molar-refractivity contribution in [3.05, 3.63) is 23.8 Å². The van der Waals surface area contributed by atoms with Gasteiger partial charge in [0.15, 0.2) is 18.1 Å². The fourth-order valence-corrected chi connectivity index (χ4v) is 3.06. The average molecular weight is 392 g/mol. The minimum absolute atomic E-state index is 0.248. The Hall–Kier alpha value is -2.77. The first-order valence-electron chi connectivity index (χ1n) is 9.54. The third kappa shape index (κ3) is 5.61. The van der Waals surface area contributed by atoms with Crippen LogP contribution in [0.15, 0.2) is 18.2 Å². The minimum Gasteiger partial charge on any atom is -0.493 e. The highest BCUT2D eigenvalue weighted by Crippen LogP contribution is 2.28. The van der Waals surface area contributed by atoms with Crippen molar-refractivity contribution >= 4 is 17.8 Å². The van der Waals surface area contributed by atoms with E-state index in [-0.39, 0.29) is 5.56 Å². The Morgan fingerprint density at radius 3 is 2.68 bits per heavy atom. The minimum atomic E-state index is -0.653. The number of rotatable bonds is 9. The van der Waals surface area contributed by atoms with Gasteiger partial charge in [0, 0.05) is 6.54 Å². The van der Waals surface area contributed by atoms with E-state index in [0.29, 0.717) is 31.1 Å². The van der Waals surface area contributed by atoms with E-state index in [1.807, 2.05) is 0 Å². The molecule has 0 unspecified atom stereocenters. The molecule has 1 aliphatic rings. The normalized spacial score (nSPS) is 16.4. The number of nitrogens with zero attached hydrogens (tertiary/aromatic N) is 1. The lowest BCUT2D eigenvalue weighted by Crippen LogP contribution is -2.51. The lowest BCUT2D eigenvalue weighted by molar-refractivity contribution is -0.143. The number of piperidine rings is 1. The van der Waals surface area contributed by atoms with Crippen molar-refractivity contribution in [2.75, 3.05) is 26.9 Å². The number of carbonyl (C=O) groups is 3. The molecule has 0 aromatic heterocycles. The first-order chi connectivity index (χ1) is 13.5. The van der Waals surface area contributed by atoms with E-state index in [0.717, 1.165) is 25.7 Å². The van der Waals surface area contributed by atoms with Crippen LogP contribution in [0.25, 0.3) is 0 Å². The molecule has 28 heavy (non-hydrogen) atoms. The molecule has 2 amide bonds. The Morgan fingerprint density at radius 1 is 1.21 bits per heavy atom. The third-order valence-corrected chi connectivity index (χ3v) is 4.63. The summed E-state index contributed by atoms with van der Waals surface area (Å²) in [6.07, 6.45) is 4.09. The zero-order valence-corrected chi connectivity index (χ0v) is 16.4. The summed E-state index contributed by atoms with van der Waals surface area (Å²) < 4.78 is 16.0. The molecule has 1 aromatic carbocycles. The molecule has 1 heterocycles. The van der Waals surface area contributed by atoms with Crippen LogP contribution in [0.2, 0.25) is 0 Å². The lowest BCUT2D eigenvalue weighted by atomic mass is 10.0. The smallest absolute Gasteiger partial charge is 0.338 e. The van der Waals surface area contributed by atoms with E-state index >= 15 is 0 Å². The third-order valence-electron chi connectivity index (χ3n) is 4.63. The number of unbranched alkanes of at least 4 members (excludes halogenated alkanes) is 1. The van der Waals surface area contributed by atoms with Gasteiger partial charge in [-0.3, -0.25) is 9.59 Å². The van der Waals surface area contributed by atoms with Crippen LogP contribution >= 0.6 is 0 Å². The molecule has 2 N–H and O–H groups in total. The number of hydrogen-bond acceptors (Lipinski definition) is 6. The number of methoxy groups -OCH3 is 1. The van der Waals surface area contributed by atoms with Gasteiger partial charge in [-0.05, 0) is 43.9 Å². The molecule has 1 saturated heterocycles. The number of esters is 1. The number of carbonyl (C=O) groups excluding carboxylic acids is 3. The summed E-state index contributed by atoms with van der Waals surface area (Å²) >= 11 is 0. The van der Waals surface area contributed by atoms with Gasteiger partial charge in [0.25, 0.3) is 5.91 Å². The first kappa shape index (κ1) is 21.5. The van der Waals surface area contributed by atoms with E-state index < -0.39 is 30.4 Å². The van der Waals surface area contributed by atoms with Gasteiger partial charge in [0.2, 0.25) is 5.91 Å². The molecule has 2 rings (SSSR count). The molecule has 0 bridgehead atoms. The molecular weight excluding hydrogens is 364 g/mol. The van der Waals surface area contributed by atoms with Crippen LogP contribution < -0.4 is 15.2 Å². The van der Waals surface area contributed by atoms with Gasteiger partial charge in [0.1, 0.15) is 6.04 Å². The molecule has 0 saturated carbocycles. The molecule has 0 aliphatic carbocycles. The summed E-state index contributed by atoms with van der Waals surface area (Å²) in [4.78, 5) is 37.6. The van der Waals surface area contributed by atoms with Gasteiger partial charge >= 0.3 is 5.97 Å². The SMILES string of the molecule is CCCCOc1ccc(C(=O)OCC(=O)N2CCCC[C@H]2C(N)=O)cc1OC. The number of likely N-dealkylation sites (tertiary alicyclic amines) is 1. The van der Waals surface area contributed by atoms with E-state index in [9.17, 15) is 14.4 Å². The van der Waals surface area contributed by atoms with Gasteiger partial charge in [0.05, 0.1) is 19.3 Å². The molecule has 8 heteroatoms. The molecule has 1 atom stereocenters. The summed E-state index contributed by atoms with van der Waals surface area (Å²) in [6.45, 7) is 2.61. The van der Waals surface area contributed by atoms with E-state index in [1.165, 1.54) is 18.1 Å². The summed E-state index contributed by atoms with van der Waals surface area (Å²) in [5.74, 6) is -0.659. The Labute approximate surface area is 164 Å². The quantitative estimate of drug-likeness (QED) is 0.508. The maximum Gasteiger partial charge on any atom is 0.338 e. The van der Waals surface area contributed by atoms with Crippen LogP contribution in [0.5, 0.6) is 11.5 Å². The first-order valence-corrected chi connectivity index (χ1v) is 9.54. The van der Waals surface area contributed by atoms with Crippen molar-refractivity contribution in [3.8, 4) is 11.5 Å². The Kier molecular flexibility index (Phi) is 8.10. The molecular formula is C20H28N2O6. The molecule has 0 spiro atoms. The van der Waals surface area contributed by atoms with Gasteiger partial charge in [-0.1, -0.05) is 13.3 Å². The number of nitrogens with two attached hydrogens (primary N) is 1. The standard InChI is InChI=1S/C20H28N2O6/c1-3-4-11-27-16-9-8-14(12-17(16)26-2)20(25)28-13-18(23)22-10-6-5-7-15(22)19(21)24/h8-9,12,15H,3-7,10-11,13H2,1-2H3,(H2,21,24)/t15-/m0/s1. The van der Waals surface area contributed by atoms with Crippen molar-refractivity contribution in [2.24, 2.45) is 5.73 Å². The van der Waals surface area contributed by atoms with Crippen molar-refractivity contribution in [2.45, 2.75) is 45.1 Å². The number of ether oxygens (including phenoxy) is 3. The second kappa shape index (κ2) is 10.5. The van der Waals surface area contributed by atoms with Crippen molar-refractivity contribution in [1.82, 2.24) is 4.90 Å². The molecule has 154 valence electrons. The van der Waals surface area contributed by atoms with E-state index in [4.69, 9.17) is 19.9 Å². The van der Waals surface area contributed by atoms with Crippen molar-refractivity contribution < 1.29 is 28.6 Å². The summed E-state index contributed by atoms with van der Waals surface area (Å²) in [6, 6.07) is 4.07. The second-order valence-electron chi connectivity index (χ2n) is 6.64. The van der Waals surface area contributed by atoms with Crippen LogP contribution in [0.1, 0.15) is 49.4 Å². The lowest BCUT2D eigenvalue weighted by Gasteiger charge is -2.33. The van der Waals surface area contributed by atoms with Gasteiger partial charge in [-0.15, -0.1) is 0 Å². The molecule has 8 nitrogen and oxygen atoms in total. The zero-order chi connectivity index (χ0) is 20.5. The maximum atomic E-state index is 12.4. The largest absolute Gasteiger partial charge is 0.493 e. The Morgan fingerprint density at radius 2 is 2.00 bits per heavy atom. The van der Waals surface area contributed by atoms with E-state index in [2.05, 4.69) is 6.92 Å². The van der Waals surface area contributed by atoms with E-state index in [1.54, 1.807) is 12.1 Å². The van der Waals surface area contributed by atoms with Crippen LogP contribution in [-0.4, -0.2) is 55.6 Å². The van der Waals surface area contributed by atoms with Gasteiger partial charge < -0.3 is 24.8 Å². The van der Waals surface area contributed by atoms with Crippen LogP contribution in [0.4, 0.5) is 0 Å². The summed E-state index contributed by atoms with van der Waals surface area (Å²) in [5, 5.41) is 0. The second-order valence-corrected chi connectivity index (χ2v) is 6.64. The van der Waals surface area contributed by atoms with Crippen LogP contribution in [-0.2, 0) is 14.3 Å². The van der Waals surface area contributed by atoms with Gasteiger partial charge in [-0.2, -0.15) is 0 Å². The van der Waals surface area contributed by atoms with Crippen LogP contribution in [0, 0.1) is 0 Å². The number of primary amides is 1. The molecule has 0 radical (unpaired) electrons. The summed E-state index contributed by atoms with van der Waals surface area (Å²) in [7, 11) is 1.49. The molecule has 1 fully saturated rings. The van der Waals surface area contributed by atoms with Crippen molar-refractivity contribution in [1.29, 1.82) is 0 Å². The average Bonchev–Trinajstić information content (AvgIpc) is 2.72. The topological polar surface area (TPSA) is 108 Å². The fraction of sp³-hybridized carbons (Fsp3) is 0.550. The fourth-order valence-electron chi connectivity index (χ4n) is 3.06. The highest BCUT2D eigenvalue weighted by Gasteiger charge is 2.31. The van der Waals surface area contributed by atoms with Crippen molar-refractivity contribution in [3.63, 3.8) is 0 Å². The van der Waals surface area contributed by atoms with Gasteiger partial charge in [-0.25, -0.2) is 4.79 Å². The van der Waals surface area contributed by atoms with Crippen LogP contribution in [0.3, 0.4) is 0 Å². The number of benzene rings is 1. The predicted molar refractivity (Wildman–Crippen MR) is 102 cm³/mol. The number of hydrogen-bond donors (Lipinski definition) is 1. The zero-order valence-electron chi connectivity index (χ0n) is 16.4. The predicted octanol–water partition coefficient (Wildman–Crippen LogP) is 1.90.